The molecule has 1 saturated heterocycles. The van der Waals surface area contributed by atoms with Gasteiger partial charge in [0.1, 0.15) is 5.75 Å². The van der Waals surface area contributed by atoms with Crippen LogP contribution < -0.4 is 4.74 Å². The highest BCUT2D eigenvalue weighted by Gasteiger charge is 2.18. The Bertz CT molecular complexity index is 467. The highest BCUT2D eigenvalue weighted by molar-refractivity contribution is 5.77. The number of hydrogen-bond donors (Lipinski definition) is 1. The van der Waals surface area contributed by atoms with E-state index in [0.29, 0.717) is 37.6 Å². The molecule has 0 spiro atoms. The summed E-state index contributed by atoms with van der Waals surface area (Å²) in [6.07, 6.45) is -0.621. The molecule has 110 valence electrons. The number of aryl methyl sites for hydroxylation is 1. The van der Waals surface area contributed by atoms with Crippen molar-refractivity contribution in [3.05, 3.63) is 29.3 Å². The molecular weight excluding hydrogens is 258 g/mol. The van der Waals surface area contributed by atoms with E-state index in [2.05, 4.69) is 0 Å². The van der Waals surface area contributed by atoms with E-state index in [0.717, 1.165) is 5.56 Å². The summed E-state index contributed by atoms with van der Waals surface area (Å²) in [6.45, 7) is 6.00. The van der Waals surface area contributed by atoms with Gasteiger partial charge in [0.05, 0.1) is 19.3 Å². The monoisotopic (exact) mass is 279 g/mol. The minimum Gasteiger partial charge on any atom is -0.483 e. The standard InChI is InChI=1S/C15H21NO4/c1-11-3-4-13(12(2)17)14(9-11)20-10-15(18)16-5-7-19-8-6-16/h3-4,9,12,17H,5-8,10H2,1-2H3. The topological polar surface area (TPSA) is 59.0 Å². The highest BCUT2D eigenvalue weighted by atomic mass is 16.5. The van der Waals surface area contributed by atoms with Crippen LogP contribution in [0.5, 0.6) is 5.75 Å². The van der Waals surface area contributed by atoms with Crippen LogP contribution in [0.15, 0.2) is 18.2 Å². The first-order valence-corrected chi connectivity index (χ1v) is 6.85. The maximum Gasteiger partial charge on any atom is 0.260 e. The van der Waals surface area contributed by atoms with Crippen molar-refractivity contribution in [2.24, 2.45) is 0 Å². The lowest BCUT2D eigenvalue weighted by Gasteiger charge is -2.27. The van der Waals surface area contributed by atoms with Gasteiger partial charge in [-0.3, -0.25) is 4.79 Å². The van der Waals surface area contributed by atoms with Crippen LogP contribution in [0.4, 0.5) is 0 Å². The number of amides is 1. The van der Waals surface area contributed by atoms with Gasteiger partial charge in [0.15, 0.2) is 6.61 Å². The zero-order chi connectivity index (χ0) is 14.5. The maximum absolute atomic E-state index is 12.0. The summed E-state index contributed by atoms with van der Waals surface area (Å²) in [5, 5.41) is 9.72. The molecule has 1 atom stereocenters. The van der Waals surface area contributed by atoms with Crippen molar-refractivity contribution in [3.63, 3.8) is 0 Å². The molecule has 5 nitrogen and oxygen atoms in total. The number of ether oxygens (including phenoxy) is 2. The second kappa shape index (κ2) is 6.72. The molecule has 0 bridgehead atoms. The van der Waals surface area contributed by atoms with Crippen molar-refractivity contribution in [3.8, 4) is 5.75 Å². The van der Waals surface area contributed by atoms with Crippen LogP contribution in [0.1, 0.15) is 24.2 Å². The van der Waals surface area contributed by atoms with Gasteiger partial charge in [-0.2, -0.15) is 0 Å². The molecule has 1 unspecified atom stereocenters. The Morgan fingerprint density at radius 2 is 2.15 bits per heavy atom. The van der Waals surface area contributed by atoms with Gasteiger partial charge in [-0.05, 0) is 25.5 Å². The van der Waals surface area contributed by atoms with Gasteiger partial charge in [-0.1, -0.05) is 12.1 Å². The lowest BCUT2D eigenvalue weighted by molar-refractivity contribution is -0.137. The lowest BCUT2D eigenvalue weighted by Crippen LogP contribution is -2.43. The number of morpholine rings is 1. The van der Waals surface area contributed by atoms with Gasteiger partial charge in [0.2, 0.25) is 0 Å². The first kappa shape index (κ1) is 14.8. The summed E-state index contributed by atoms with van der Waals surface area (Å²) in [5.74, 6) is 0.521. The van der Waals surface area contributed by atoms with E-state index in [4.69, 9.17) is 9.47 Å². The summed E-state index contributed by atoms with van der Waals surface area (Å²) >= 11 is 0. The molecule has 1 amide bonds. The first-order valence-electron chi connectivity index (χ1n) is 6.85. The summed E-state index contributed by atoms with van der Waals surface area (Å²) in [4.78, 5) is 13.8. The van der Waals surface area contributed by atoms with Gasteiger partial charge in [0, 0.05) is 18.7 Å². The average Bonchev–Trinajstić information content (AvgIpc) is 2.45. The second-order valence-corrected chi connectivity index (χ2v) is 5.00. The number of benzene rings is 1. The molecule has 20 heavy (non-hydrogen) atoms. The molecule has 1 aromatic rings. The molecule has 1 aromatic carbocycles. The van der Waals surface area contributed by atoms with Crippen molar-refractivity contribution in [1.82, 2.24) is 4.90 Å². The predicted molar refractivity (Wildman–Crippen MR) is 74.7 cm³/mol. The van der Waals surface area contributed by atoms with Crippen LogP contribution >= 0.6 is 0 Å². The largest absolute Gasteiger partial charge is 0.483 e. The van der Waals surface area contributed by atoms with Gasteiger partial charge in [0.25, 0.3) is 5.91 Å². The van der Waals surface area contributed by atoms with E-state index in [-0.39, 0.29) is 12.5 Å². The molecule has 1 fully saturated rings. The summed E-state index contributed by atoms with van der Waals surface area (Å²) < 4.78 is 10.8. The molecule has 0 aliphatic carbocycles. The number of carbonyl (C=O) groups excluding carboxylic acids is 1. The van der Waals surface area contributed by atoms with E-state index >= 15 is 0 Å². The fraction of sp³-hybridized carbons (Fsp3) is 0.533. The Hall–Kier alpha value is -1.59. The molecule has 1 N–H and O–H groups in total. The molecule has 2 rings (SSSR count). The zero-order valence-electron chi connectivity index (χ0n) is 12.0. The quantitative estimate of drug-likeness (QED) is 0.902. The van der Waals surface area contributed by atoms with Crippen molar-refractivity contribution in [1.29, 1.82) is 0 Å². The van der Waals surface area contributed by atoms with Crippen LogP contribution in [-0.2, 0) is 9.53 Å². The van der Waals surface area contributed by atoms with Gasteiger partial charge in [-0.15, -0.1) is 0 Å². The molecule has 1 heterocycles. The number of nitrogens with zero attached hydrogens (tertiary/aromatic N) is 1. The summed E-state index contributed by atoms with van der Waals surface area (Å²) in [7, 11) is 0. The van der Waals surface area contributed by atoms with Gasteiger partial charge < -0.3 is 19.5 Å². The molecule has 1 aliphatic heterocycles. The second-order valence-electron chi connectivity index (χ2n) is 5.00. The fourth-order valence-electron chi connectivity index (χ4n) is 2.16. The van der Waals surface area contributed by atoms with Crippen LogP contribution in [-0.4, -0.2) is 48.8 Å². The average molecular weight is 279 g/mol. The number of aliphatic hydroxyl groups is 1. The minimum absolute atomic E-state index is 0.0107. The highest BCUT2D eigenvalue weighted by Crippen LogP contribution is 2.26. The van der Waals surface area contributed by atoms with E-state index in [1.165, 1.54) is 0 Å². The van der Waals surface area contributed by atoms with Crippen LogP contribution in [0.3, 0.4) is 0 Å². The van der Waals surface area contributed by atoms with E-state index < -0.39 is 6.10 Å². The summed E-state index contributed by atoms with van der Waals surface area (Å²) in [5.41, 5.74) is 1.73. The predicted octanol–water partition coefficient (Wildman–Crippen LogP) is 1.29. The smallest absolute Gasteiger partial charge is 0.260 e. The molecule has 0 saturated carbocycles. The summed E-state index contributed by atoms with van der Waals surface area (Å²) in [6, 6.07) is 5.59. The first-order chi connectivity index (χ1) is 9.58. The lowest BCUT2D eigenvalue weighted by atomic mass is 10.1. The Morgan fingerprint density at radius 1 is 1.45 bits per heavy atom. The zero-order valence-corrected chi connectivity index (χ0v) is 12.0. The third-order valence-corrected chi connectivity index (χ3v) is 3.33. The maximum atomic E-state index is 12.0. The van der Waals surface area contributed by atoms with Gasteiger partial charge >= 0.3 is 0 Å². The number of aliphatic hydroxyl groups excluding tert-OH is 1. The third kappa shape index (κ3) is 3.71. The normalized spacial score (nSPS) is 16.9. The number of rotatable bonds is 4. The molecule has 1 aliphatic rings. The van der Waals surface area contributed by atoms with Crippen LogP contribution in [0.2, 0.25) is 0 Å². The SMILES string of the molecule is Cc1ccc(C(C)O)c(OCC(=O)N2CCOCC2)c1. The Morgan fingerprint density at radius 3 is 2.80 bits per heavy atom. The molecule has 5 heteroatoms. The van der Waals surface area contributed by atoms with Crippen molar-refractivity contribution < 1.29 is 19.4 Å². The van der Waals surface area contributed by atoms with E-state index in [1.807, 2.05) is 25.1 Å². The molecule has 0 aromatic heterocycles. The Labute approximate surface area is 119 Å². The van der Waals surface area contributed by atoms with Crippen LogP contribution in [0, 0.1) is 6.92 Å². The molecular formula is C15H21NO4. The fourth-order valence-corrected chi connectivity index (χ4v) is 2.16. The number of carbonyl (C=O) groups is 1. The number of hydrogen-bond acceptors (Lipinski definition) is 4. The van der Waals surface area contributed by atoms with Crippen LogP contribution in [0.25, 0.3) is 0 Å². The van der Waals surface area contributed by atoms with Crippen molar-refractivity contribution in [2.45, 2.75) is 20.0 Å². The van der Waals surface area contributed by atoms with Crippen molar-refractivity contribution >= 4 is 5.91 Å². The minimum atomic E-state index is -0.621. The van der Waals surface area contributed by atoms with Gasteiger partial charge in [-0.25, -0.2) is 0 Å². The van der Waals surface area contributed by atoms with E-state index in [1.54, 1.807) is 11.8 Å². The Balaban J connectivity index is 1.99. The van der Waals surface area contributed by atoms with Crippen molar-refractivity contribution in [2.75, 3.05) is 32.9 Å². The third-order valence-electron chi connectivity index (χ3n) is 3.33. The molecule has 0 radical (unpaired) electrons. The Kier molecular flexibility index (Phi) is 4.98. The van der Waals surface area contributed by atoms with E-state index in [9.17, 15) is 9.90 Å².